The molecule has 3 N–H and O–H groups in total. The summed E-state index contributed by atoms with van der Waals surface area (Å²) in [6.07, 6.45) is -0.0986. The maximum absolute atomic E-state index is 12.9. The van der Waals surface area contributed by atoms with E-state index in [9.17, 15) is 9.50 Å². The summed E-state index contributed by atoms with van der Waals surface area (Å²) in [6, 6.07) is 4.56. The fourth-order valence-corrected chi connectivity index (χ4v) is 1.26. The summed E-state index contributed by atoms with van der Waals surface area (Å²) in [5, 5.41) is 9.52. The van der Waals surface area contributed by atoms with Crippen LogP contribution < -0.4 is 5.73 Å². The van der Waals surface area contributed by atoms with Crippen LogP contribution in [0.1, 0.15) is 18.1 Å². The highest BCUT2D eigenvalue weighted by molar-refractivity contribution is 5.24. The first-order valence-electron chi connectivity index (χ1n) is 4.69. The van der Waals surface area contributed by atoms with Crippen molar-refractivity contribution in [3.8, 4) is 0 Å². The predicted octanol–water partition coefficient (Wildman–Crippen LogP) is 1.38. The molecular weight excluding hydrogens is 181 g/mol. The number of aliphatic hydroxyl groups is 1. The molecule has 1 rings (SSSR count). The second-order valence-electron chi connectivity index (χ2n) is 3.71. The monoisotopic (exact) mass is 197 g/mol. The van der Waals surface area contributed by atoms with Crippen LogP contribution in [-0.2, 0) is 6.42 Å². The fourth-order valence-electron chi connectivity index (χ4n) is 1.26. The maximum Gasteiger partial charge on any atom is 0.126 e. The molecule has 0 amide bonds. The molecule has 3 heteroatoms. The van der Waals surface area contributed by atoms with Crippen molar-refractivity contribution < 1.29 is 9.50 Å². The SMILES string of the molecule is Cc1cc(CC(O)C(C)N)ccc1F. The van der Waals surface area contributed by atoms with Gasteiger partial charge in [0.1, 0.15) is 5.82 Å². The topological polar surface area (TPSA) is 46.2 Å². The second kappa shape index (κ2) is 4.53. The summed E-state index contributed by atoms with van der Waals surface area (Å²) in [5.41, 5.74) is 7.04. The van der Waals surface area contributed by atoms with Crippen molar-refractivity contribution in [3.63, 3.8) is 0 Å². The third-order valence-corrected chi connectivity index (χ3v) is 2.27. The van der Waals surface area contributed by atoms with Crippen molar-refractivity contribution in [1.82, 2.24) is 0 Å². The molecule has 0 radical (unpaired) electrons. The molecule has 0 fully saturated rings. The number of halogens is 1. The van der Waals surface area contributed by atoms with E-state index >= 15 is 0 Å². The van der Waals surface area contributed by atoms with E-state index in [1.165, 1.54) is 6.07 Å². The van der Waals surface area contributed by atoms with E-state index in [1.54, 1.807) is 26.0 Å². The Balaban J connectivity index is 2.73. The van der Waals surface area contributed by atoms with E-state index < -0.39 is 6.10 Å². The minimum Gasteiger partial charge on any atom is -0.391 e. The summed E-state index contributed by atoms with van der Waals surface area (Å²) < 4.78 is 12.9. The summed E-state index contributed by atoms with van der Waals surface area (Å²) >= 11 is 0. The Morgan fingerprint density at radius 3 is 2.64 bits per heavy atom. The Kier molecular flexibility index (Phi) is 3.61. The molecule has 2 nitrogen and oxygen atoms in total. The predicted molar refractivity (Wildman–Crippen MR) is 54.5 cm³/mol. The number of rotatable bonds is 3. The summed E-state index contributed by atoms with van der Waals surface area (Å²) in [6.45, 7) is 3.46. The quantitative estimate of drug-likeness (QED) is 0.769. The summed E-state index contributed by atoms with van der Waals surface area (Å²) in [4.78, 5) is 0. The normalized spacial score (nSPS) is 15.2. The number of hydrogen-bond donors (Lipinski definition) is 2. The average molecular weight is 197 g/mol. The van der Waals surface area contributed by atoms with Crippen LogP contribution in [-0.4, -0.2) is 17.3 Å². The van der Waals surface area contributed by atoms with Crippen molar-refractivity contribution in [2.45, 2.75) is 32.4 Å². The standard InChI is InChI=1S/C11H16FNO/c1-7-5-9(3-4-10(7)12)6-11(14)8(2)13/h3-5,8,11,14H,6,13H2,1-2H3. The Morgan fingerprint density at radius 1 is 1.50 bits per heavy atom. The zero-order chi connectivity index (χ0) is 10.7. The molecule has 1 aromatic rings. The Bertz CT molecular complexity index is 312. The minimum absolute atomic E-state index is 0.218. The van der Waals surface area contributed by atoms with E-state index in [-0.39, 0.29) is 11.9 Å². The van der Waals surface area contributed by atoms with Gasteiger partial charge in [-0.3, -0.25) is 0 Å². The van der Waals surface area contributed by atoms with Gasteiger partial charge < -0.3 is 10.8 Å². The van der Waals surface area contributed by atoms with Crippen LogP contribution in [0.2, 0.25) is 0 Å². The Hall–Kier alpha value is -0.930. The van der Waals surface area contributed by atoms with Crippen molar-refractivity contribution in [1.29, 1.82) is 0 Å². The van der Waals surface area contributed by atoms with Gasteiger partial charge in [-0.15, -0.1) is 0 Å². The van der Waals surface area contributed by atoms with Crippen molar-refractivity contribution in [2.24, 2.45) is 5.73 Å². The minimum atomic E-state index is -0.570. The molecule has 0 saturated carbocycles. The molecule has 1 aromatic carbocycles. The van der Waals surface area contributed by atoms with Gasteiger partial charge in [-0.25, -0.2) is 4.39 Å². The van der Waals surface area contributed by atoms with Crippen LogP contribution in [0.4, 0.5) is 4.39 Å². The highest BCUT2D eigenvalue weighted by atomic mass is 19.1. The molecule has 0 aliphatic heterocycles. The van der Waals surface area contributed by atoms with Crippen LogP contribution in [0, 0.1) is 12.7 Å². The molecule has 0 heterocycles. The Labute approximate surface area is 83.6 Å². The summed E-state index contributed by atoms with van der Waals surface area (Å²) in [5.74, 6) is -0.218. The van der Waals surface area contributed by atoms with E-state index in [0.29, 0.717) is 12.0 Å². The van der Waals surface area contributed by atoms with Gasteiger partial charge in [0.2, 0.25) is 0 Å². The largest absolute Gasteiger partial charge is 0.391 e. The van der Waals surface area contributed by atoms with Crippen LogP contribution in [0.3, 0.4) is 0 Å². The van der Waals surface area contributed by atoms with Crippen LogP contribution >= 0.6 is 0 Å². The molecular formula is C11H16FNO. The molecule has 0 aliphatic carbocycles. The molecule has 0 aromatic heterocycles. The smallest absolute Gasteiger partial charge is 0.126 e. The van der Waals surface area contributed by atoms with E-state index in [0.717, 1.165) is 5.56 Å². The van der Waals surface area contributed by atoms with Crippen LogP contribution in [0.5, 0.6) is 0 Å². The van der Waals surface area contributed by atoms with Crippen LogP contribution in [0.15, 0.2) is 18.2 Å². The third-order valence-electron chi connectivity index (χ3n) is 2.27. The first-order chi connectivity index (χ1) is 6.50. The van der Waals surface area contributed by atoms with Gasteiger partial charge in [0.25, 0.3) is 0 Å². The Morgan fingerprint density at radius 2 is 2.14 bits per heavy atom. The molecule has 0 bridgehead atoms. The lowest BCUT2D eigenvalue weighted by Crippen LogP contribution is -2.33. The van der Waals surface area contributed by atoms with E-state index in [4.69, 9.17) is 5.73 Å². The molecule has 14 heavy (non-hydrogen) atoms. The highest BCUT2D eigenvalue weighted by Gasteiger charge is 2.10. The van der Waals surface area contributed by atoms with E-state index in [2.05, 4.69) is 0 Å². The van der Waals surface area contributed by atoms with E-state index in [1.807, 2.05) is 0 Å². The number of aryl methyl sites for hydroxylation is 1. The van der Waals surface area contributed by atoms with Gasteiger partial charge in [0, 0.05) is 6.04 Å². The first-order valence-corrected chi connectivity index (χ1v) is 4.69. The van der Waals surface area contributed by atoms with Crippen molar-refractivity contribution in [3.05, 3.63) is 35.1 Å². The molecule has 78 valence electrons. The fraction of sp³-hybridized carbons (Fsp3) is 0.455. The van der Waals surface area contributed by atoms with Crippen molar-refractivity contribution >= 4 is 0 Å². The third kappa shape index (κ3) is 2.79. The molecule has 2 unspecified atom stereocenters. The average Bonchev–Trinajstić information content (AvgIpc) is 2.11. The van der Waals surface area contributed by atoms with Gasteiger partial charge in [0.05, 0.1) is 6.10 Å². The lowest BCUT2D eigenvalue weighted by molar-refractivity contribution is 0.151. The molecule has 0 aliphatic rings. The second-order valence-corrected chi connectivity index (χ2v) is 3.71. The number of benzene rings is 1. The summed E-state index contributed by atoms with van der Waals surface area (Å²) in [7, 11) is 0. The lowest BCUT2D eigenvalue weighted by atomic mass is 10.0. The maximum atomic E-state index is 12.9. The zero-order valence-electron chi connectivity index (χ0n) is 8.50. The highest BCUT2D eigenvalue weighted by Crippen LogP contribution is 2.11. The number of aliphatic hydroxyl groups excluding tert-OH is 1. The first kappa shape index (κ1) is 11.1. The van der Waals surface area contributed by atoms with Gasteiger partial charge in [-0.2, -0.15) is 0 Å². The van der Waals surface area contributed by atoms with Gasteiger partial charge in [-0.05, 0) is 37.5 Å². The van der Waals surface area contributed by atoms with Crippen molar-refractivity contribution in [2.75, 3.05) is 0 Å². The van der Waals surface area contributed by atoms with Crippen LogP contribution in [0.25, 0.3) is 0 Å². The number of hydrogen-bond acceptors (Lipinski definition) is 2. The van der Waals surface area contributed by atoms with Gasteiger partial charge in [-0.1, -0.05) is 12.1 Å². The molecule has 0 spiro atoms. The zero-order valence-corrected chi connectivity index (χ0v) is 8.50. The lowest BCUT2D eigenvalue weighted by Gasteiger charge is -2.14. The van der Waals surface area contributed by atoms with Gasteiger partial charge >= 0.3 is 0 Å². The molecule has 2 atom stereocenters. The van der Waals surface area contributed by atoms with Gasteiger partial charge in [0.15, 0.2) is 0 Å². The molecule has 0 saturated heterocycles. The number of nitrogens with two attached hydrogens (primary N) is 1.